The van der Waals surface area contributed by atoms with E-state index in [-0.39, 0.29) is 0 Å². The Morgan fingerprint density at radius 2 is 1.43 bits per heavy atom. The van der Waals surface area contributed by atoms with Gasteiger partial charge in [-0.15, -0.1) is 12.8 Å². The molecule has 0 atom stereocenters. The molecule has 0 spiro atoms. The van der Waals surface area contributed by atoms with Crippen molar-refractivity contribution in [2.45, 2.75) is 18.3 Å². The van der Waals surface area contributed by atoms with Gasteiger partial charge < -0.3 is 10.2 Å². The minimum atomic E-state index is -5.37. The maximum Gasteiger partial charge on any atom is 0.468 e. The summed E-state index contributed by atoms with van der Waals surface area (Å²) in [5.74, 6) is 0. The molecule has 0 aliphatic rings. The van der Waals surface area contributed by atoms with Crippen LogP contribution in [-0.2, 0) is 9.84 Å². The third kappa shape index (κ3) is 3.10. The lowest BCUT2D eigenvalue weighted by Crippen LogP contribution is -2.30. The number of hydrogen-bond donors (Lipinski definition) is 2. The summed E-state index contributed by atoms with van der Waals surface area (Å²) in [6.45, 7) is -1.41. The van der Waals surface area contributed by atoms with Crippen LogP contribution in [0.5, 0.6) is 0 Å². The molecule has 0 aliphatic heterocycles. The Kier molecular flexibility index (Phi) is 4.82. The monoisotopic (exact) mass is 235 g/mol. The molecule has 0 rings (SSSR count). The molecule has 0 fully saturated rings. The van der Waals surface area contributed by atoms with Crippen molar-refractivity contribution in [3.8, 4) is 0 Å². The molecular weight excluding hydrogens is 225 g/mol. The summed E-state index contributed by atoms with van der Waals surface area (Å²) in [4.78, 5) is 0. The quantitative estimate of drug-likeness (QED) is 0.668. The van der Waals surface area contributed by atoms with Gasteiger partial charge in [0.25, 0.3) is 0 Å². The van der Waals surface area contributed by atoms with Crippen LogP contribution < -0.4 is 0 Å². The molecule has 0 amide bonds. The molecule has 0 bridgehead atoms. The largest absolute Gasteiger partial charge is 0.468 e. The Morgan fingerprint density at radius 1 is 1.07 bits per heavy atom. The highest BCUT2D eigenvalue weighted by molar-refractivity contribution is 7.95. The van der Waals surface area contributed by atoms with E-state index in [1.165, 1.54) is 0 Å². The fraction of sp³-hybridized carbons (Fsp3) is 0.833. The van der Waals surface area contributed by atoms with Crippen LogP contribution >= 0.6 is 0 Å². The summed E-state index contributed by atoms with van der Waals surface area (Å²) in [6, 6.07) is 0. The van der Waals surface area contributed by atoms with Crippen molar-refractivity contribution < 1.29 is 31.8 Å². The second-order valence-corrected chi connectivity index (χ2v) is 4.48. The first-order chi connectivity index (χ1) is 6.27. The van der Waals surface area contributed by atoms with Gasteiger partial charge in [-0.2, -0.15) is 18.4 Å². The summed E-state index contributed by atoms with van der Waals surface area (Å²) < 4.78 is 57.4. The Morgan fingerprint density at radius 3 is 1.64 bits per heavy atom. The smallest absolute Gasteiger partial charge is 0.399 e. The van der Waals surface area contributed by atoms with Crippen LogP contribution in [0.3, 0.4) is 0 Å². The van der Waals surface area contributed by atoms with Crippen molar-refractivity contribution >= 4 is 9.84 Å². The van der Waals surface area contributed by atoms with Crippen LogP contribution in [0.2, 0.25) is 0 Å². The van der Waals surface area contributed by atoms with E-state index in [4.69, 9.17) is 10.2 Å². The molecular formula is C6H10F3O4S-. The average molecular weight is 235 g/mol. The Labute approximate surface area is 79.3 Å². The number of hydrogen-bond acceptors (Lipinski definition) is 4. The zero-order valence-electron chi connectivity index (χ0n) is 7.08. The minimum absolute atomic E-state index is 0.609. The molecule has 0 unspecified atom stereocenters. The first-order valence-electron chi connectivity index (χ1n) is 3.65. The summed E-state index contributed by atoms with van der Waals surface area (Å²) in [5.41, 5.74) is -5.37. The lowest BCUT2D eigenvalue weighted by atomic mass is 10.2. The number of rotatable bonds is 5. The Bertz CT molecular complexity index is 253. The molecule has 2 N–H and O–H groups in total. The van der Waals surface area contributed by atoms with E-state index in [0.29, 0.717) is 0 Å². The molecule has 8 heteroatoms. The van der Waals surface area contributed by atoms with E-state index in [1.54, 1.807) is 0 Å². The van der Waals surface area contributed by atoms with Gasteiger partial charge in [-0.25, -0.2) is 0 Å². The minimum Gasteiger partial charge on any atom is -0.399 e. The lowest BCUT2D eigenvalue weighted by molar-refractivity contribution is -0.0436. The zero-order chi connectivity index (χ0) is 11.4. The SMILES string of the molecule is O=S(=O)([C-](CCO)CCO)C(F)(F)F. The molecule has 86 valence electrons. The maximum atomic E-state index is 12.0. The van der Waals surface area contributed by atoms with Crippen LogP contribution in [0.4, 0.5) is 13.2 Å². The molecule has 0 aromatic heterocycles. The predicted molar refractivity (Wildman–Crippen MR) is 41.6 cm³/mol. The second kappa shape index (κ2) is 4.94. The normalized spacial score (nSPS) is 13.6. The van der Waals surface area contributed by atoms with Crippen molar-refractivity contribution in [3.63, 3.8) is 0 Å². The number of alkyl halides is 3. The average Bonchev–Trinajstić information content (AvgIpc) is 2.02. The maximum absolute atomic E-state index is 12.0. The van der Waals surface area contributed by atoms with Crippen LogP contribution in [0.1, 0.15) is 12.8 Å². The molecule has 14 heavy (non-hydrogen) atoms. The van der Waals surface area contributed by atoms with Gasteiger partial charge in [0.15, 0.2) is 0 Å². The highest BCUT2D eigenvalue weighted by Gasteiger charge is 2.41. The van der Waals surface area contributed by atoms with Gasteiger partial charge in [-0.3, -0.25) is 8.42 Å². The molecule has 0 aromatic rings. The van der Waals surface area contributed by atoms with E-state index in [0.717, 1.165) is 0 Å². The molecule has 0 aromatic carbocycles. The number of halogens is 3. The molecule has 0 aliphatic carbocycles. The van der Waals surface area contributed by atoms with Gasteiger partial charge >= 0.3 is 5.51 Å². The fourth-order valence-corrected chi connectivity index (χ4v) is 1.85. The van der Waals surface area contributed by atoms with Gasteiger partial charge in [0.05, 0.1) is 0 Å². The van der Waals surface area contributed by atoms with Crippen molar-refractivity contribution in [3.05, 3.63) is 5.25 Å². The topological polar surface area (TPSA) is 74.6 Å². The van der Waals surface area contributed by atoms with Crippen molar-refractivity contribution in [2.75, 3.05) is 13.2 Å². The third-order valence-corrected chi connectivity index (χ3v) is 3.24. The van der Waals surface area contributed by atoms with Crippen LogP contribution in [0, 0.1) is 5.25 Å². The van der Waals surface area contributed by atoms with E-state index in [9.17, 15) is 21.6 Å². The lowest BCUT2D eigenvalue weighted by Gasteiger charge is -2.29. The highest BCUT2D eigenvalue weighted by Crippen LogP contribution is 2.34. The first kappa shape index (κ1) is 13.7. The first-order valence-corrected chi connectivity index (χ1v) is 5.13. The standard InChI is InChI=1S/C6H10F3O4S/c7-6(8,9)14(12,13)5(1-3-10)2-4-11/h10-11H,1-4H2/q-1. The fourth-order valence-electron chi connectivity index (χ4n) is 0.807. The van der Waals surface area contributed by atoms with Crippen LogP contribution in [-0.4, -0.2) is 37.4 Å². The van der Waals surface area contributed by atoms with Crippen molar-refractivity contribution in [1.29, 1.82) is 0 Å². The summed E-state index contributed by atoms with van der Waals surface area (Å²) in [5, 5.41) is 15.8. The van der Waals surface area contributed by atoms with E-state index < -0.39 is 46.7 Å². The zero-order valence-corrected chi connectivity index (χ0v) is 7.90. The highest BCUT2D eigenvalue weighted by atomic mass is 32.2. The van der Waals surface area contributed by atoms with E-state index in [1.807, 2.05) is 0 Å². The van der Waals surface area contributed by atoms with Crippen molar-refractivity contribution in [1.82, 2.24) is 0 Å². The summed E-state index contributed by atoms with van der Waals surface area (Å²) in [6.07, 6.45) is -1.22. The Hall–Kier alpha value is -0.340. The predicted octanol–water partition coefficient (Wildman–Crippen LogP) is 0.218. The van der Waals surface area contributed by atoms with Crippen LogP contribution in [0.15, 0.2) is 0 Å². The van der Waals surface area contributed by atoms with Gasteiger partial charge in [0, 0.05) is 13.2 Å². The molecule has 0 saturated heterocycles. The summed E-state index contributed by atoms with van der Waals surface area (Å²) in [7, 11) is -5.37. The van der Waals surface area contributed by atoms with Crippen molar-refractivity contribution in [2.24, 2.45) is 0 Å². The second-order valence-electron chi connectivity index (χ2n) is 2.44. The van der Waals surface area contributed by atoms with Crippen LogP contribution in [0.25, 0.3) is 0 Å². The van der Waals surface area contributed by atoms with Gasteiger partial charge in [0.1, 0.15) is 9.84 Å². The van der Waals surface area contributed by atoms with Gasteiger partial charge in [-0.05, 0) is 0 Å². The van der Waals surface area contributed by atoms with Gasteiger partial charge in [-0.1, -0.05) is 0 Å². The number of aliphatic hydroxyl groups excluding tert-OH is 2. The molecule has 4 nitrogen and oxygen atoms in total. The van der Waals surface area contributed by atoms with E-state index in [2.05, 4.69) is 0 Å². The summed E-state index contributed by atoms with van der Waals surface area (Å²) >= 11 is 0. The molecule has 0 radical (unpaired) electrons. The number of sulfone groups is 1. The number of aliphatic hydroxyl groups is 2. The van der Waals surface area contributed by atoms with E-state index >= 15 is 0 Å². The molecule has 0 heterocycles. The van der Waals surface area contributed by atoms with Gasteiger partial charge in [0.2, 0.25) is 0 Å². The third-order valence-electron chi connectivity index (χ3n) is 1.47. The Balaban J connectivity index is 4.81. The molecule has 0 saturated carbocycles.